The molecule has 0 aromatic heterocycles. The fourth-order valence-corrected chi connectivity index (χ4v) is 18.9. The molecule has 2 nitrogen and oxygen atoms in total. The number of fused-ring (bicyclic) bond motifs is 6. The predicted molar refractivity (Wildman–Crippen MR) is 225 cm³/mol. The molecule has 0 amide bonds. The first-order chi connectivity index (χ1) is 25.1. The van der Waals surface area contributed by atoms with E-state index in [4.69, 9.17) is 0 Å². The van der Waals surface area contributed by atoms with Gasteiger partial charge in [-0.15, -0.1) is 0 Å². The van der Waals surface area contributed by atoms with E-state index in [0.29, 0.717) is 27.7 Å². The van der Waals surface area contributed by atoms with Gasteiger partial charge < -0.3 is 4.90 Å². The number of hydrogen-bond acceptors (Lipinski definition) is 2. The van der Waals surface area contributed by atoms with Crippen LogP contribution in [0.15, 0.2) is 22.8 Å². The Morgan fingerprint density at radius 1 is 0.585 bits per heavy atom. The molecule has 4 heterocycles. The zero-order chi connectivity index (χ0) is 37.1. The summed E-state index contributed by atoms with van der Waals surface area (Å²) < 4.78 is 0. The number of rotatable bonds is 1. The molecule has 9 atom stereocenters. The summed E-state index contributed by atoms with van der Waals surface area (Å²) in [4.78, 5) is 6.75. The van der Waals surface area contributed by atoms with Gasteiger partial charge in [-0.1, -0.05) is 123 Å². The summed E-state index contributed by atoms with van der Waals surface area (Å²) in [6.45, 7) is 28.0. The normalized spacial score (nSPS) is 42.8. The molecule has 10 aliphatic rings. The van der Waals surface area contributed by atoms with Gasteiger partial charge in [0.1, 0.15) is 0 Å². The molecule has 294 valence electrons. The SMILES string of the molecule is CC(C)(C)C1CCC2B3C4=C(C=C(C5CCCCC5)CC4N4C5C3CCC(C(C)(C)C)C5C3(CCCCC3)C4(C)C)N3C2C1C1(CCCCC1)C3(C)C. The van der Waals surface area contributed by atoms with E-state index in [9.17, 15) is 0 Å². The van der Waals surface area contributed by atoms with E-state index < -0.39 is 0 Å². The van der Waals surface area contributed by atoms with Gasteiger partial charge in [0.05, 0.1) is 0 Å². The summed E-state index contributed by atoms with van der Waals surface area (Å²) in [6.07, 6.45) is 32.4. The van der Waals surface area contributed by atoms with Crippen molar-refractivity contribution in [3.8, 4) is 0 Å². The minimum absolute atomic E-state index is 0.215. The monoisotopic (exact) mass is 721 g/mol. The van der Waals surface area contributed by atoms with Crippen LogP contribution in [0.25, 0.3) is 0 Å². The average molecular weight is 721 g/mol. The molecule has 10 rings (SSSR count). The third-order valence-corrected chi connectivity index (χ3v) is 20.8. The van der Waals surface area contributed by atoms with E-state index in [2.05, 4.69) is 85.1 Å². The lowest BCUT2D eigenvalue weighted by molar-refractivity contribution is -0.0262. The lowest BCUT2D eigenvalue weighted by Gasteiger charge is -2.64. The van der Waals surface area contributed by atoms with Crippen LogP contribution in [0.2, 0.25) is 11.6 Å². The summed E-state index contributed by atoms with van der Waals surface area (Å²) in [5.74, 6) is 5.95. The van der Waals surface area contributed by atoms with E-state index in [0.717, 1.165) is 60.0 Å². The first-order valence-electron chi connectivity index (χ1n) is 24.1. The molecular weight excluding hydrogens is 639 g/mol. The lowest BCUT2D eigenvalue weighted by Crippen LogP contribution is -2.68. The minimum atomic E-state index is 0.215. The number of hydrogen-bond donors (Lipinski definition) is 0. The first-order valence-corrected chi connectivity index (χ1v) is 24.1. The molecule has 4 aliphatic heterocycles. The van der Waals surface area contributed by atoms with Crippen molar-refractivity contribution in [2.24, 2.45) is 51.2 Å². The van der Waals surface area contributed by atoms with Crippen LogP contribution < -0.4 is 0 Å². The molecule has 3 saturated heterocycles. The van der Waals surface area contributed by atoms with Gasteiger partial charge in [-0.2, -0.15) is 0 Å². The van der Waals surface area contributed by atoms with Gasteiger partial charge in [0.15, 0.2) is 6.71 Å². The smallest absolute Gasteiger partial charge is 0.185 e. The Morgan fingerprint density at radius 2 is 1.08 bits per heavy atom. The largest absolute Gasteiger partial charge is 0.364 e. The summed E-state index contributed by atoms with van der Waals surface area (Å²) in [7, 11) is 0. The molecule has 0 N–H and O–H groups in total. The van der Waals surface area contributed by atoms with Crippen molar-refractivity contribution < 1.29 is 0 Å². The molecule has 0 aromatic carbocycles. The zero-order valence-electron chi connectivity index (χ0n) is 36.5. The van der Waals surface area contributed by atoms with E-state index in [1.807, 2.05) is 16.7 Å². The van der Waals surface area contributed by atoms with Crippen molar-refractivity contribution in [1.29, 1.82) is 0 Å². The maximum Gasteiger partial charge on any atom is 0.185 e. The van der Waals surface area contributed by atoms with E-state index in [-0.39, 0.29) is 11.1 Å². The highest BCUT2D eigenvalue weighted by atomic mass is 15.3. The van der Waals surface area contributed by atoms with Crippen LogP contribution in [-0.2, 0) is 0 Å². The Bertz CT molecular complexity index is 1510. The van der Waals surface area contributed by atoms with Crippen molar-refractivity contribution in [3.63, 3.8) is 0 Å². The molecule has 2 spiro atoms. The van der Waals surface area contributed by atoms with Gasteiger partial charge in [0, 0.05) is 34.9 Å². The fraction of sp³-hybridized carbons (Fsp3) is 0.920. The van der Waals surface area contributed by atoms with Gasteiger partial charge in [-0.05, 0) is 154 Å². The van der Waals surface area contributed by atoms with Gasteiger partial charge in [-0.25, -0.2) is 0 Å². The van der Waals surface area contributed by atoms with Crippen LogP contribution in [-0.4, -0.2) is 45.7 Å². The van der Waals surface area contributed by atoms with Crippen molar-refractivity contribution >= 4 is 6.71 Å². The molecule has 9 unspecified atom stereocenters. The Morgan fingerprint density at radius 3 is 1.62 bits per heavy atom. The Labute approximate surface area is 328 Å². The Hall–Kier alpha value is -0.695. The van der Waals surface area contributed by atoms with Crippen LogP contribution in [0, 0.1) is 51.2 Å². The highest BCUT2D eigenvalue weighted by molar-refractivity contribution is 6.71. The quantitative estimate of drug-likeness (QED) is 0.249. The maximum atomic E-state index is 3.42. The van der Waals surface area contributed by atoms with Gasteiger partial charge in [0.2, 0.25) is 0 Å². The minimum Gasteiger partial charge on any atom is -0.364 e. The predicted octanol–water partition coefficient (Wildman–Crippen LogP) is 13.3. The topological polar surface area (TPSA) is 6.48 Å². The highest BCUT2D eigenvalue weighted by Gasteiger charge is 2.77. The van der Waals surface area contributed by atoms with Crippen LogP contribution >= 0.6 is 0 Å². The Balaban J connectivity index is 1.22. The molecule has 53 heavy (non-hydrogen) atoms. The van der Waals surface area contributed by atoms with Gasteiger partial charge >= 0.3 is 0 Å². The second-order valence-electron chi connectivity index (χ2n) is 24.9. The Kier molecular flexibility index (Phi) is 8.25. The van der Waals surface area contributed by atoms with Crippen LogP contribution in [0.5, 0.6) is 0 Å². The molecule has 5 saturated carbocycles. The number of nitrogens with zero attached hydrogens (tertiary/aromatic N) is 2. The van der Waals surface area contributed by atoms with Crippen molar-refractivity contribution in [1.82, 2.24) is 9.80 Å². The molecule has 8 fully saturated rings. The lowest BCUT2D eigenvalue weighted by atomic mass is 9.20. The second-order valence-corrected chi connectivity index (χ2v) is 24.9. The highest BCUT2D eigenvalue weighted by Crippen LogP contribution is 2.76. The maximum absolute atomic E-state index is 3.42. The van der Waals surface area contributed by atoms with Crippen LogP contribution in [0.4, 0.5) is 0 Å². The van der Waals surface area contributed by atoms with Crippen molar-refractivity contribution in [2.45, 2.75) is 238 Å². The average Bonchev–Trinajstić information content (AvgIpc) is 3.43. The van der Waals surface area contributed by atoms with Gasteiger partial charge in [-0.3, -0.25) is 4.90 Å². The fourth-order valence-electron chi connectivity index (χ4n) is 18.9. The summed E-state index contributed by atoms with van der Waals surface area (Å²) in [6, 6.07) is 2.17. The summed E-state index contributed by atoms with van der Waals surface area (Å²) in [5, 5.41) is 0. The van der Waals surface area contributed by atoms with Crippen LogP contribution in [0.3, 0.4) is 0 Å². The van der Waals surface area contributed by atoms with Crippen molar-refractivity contribution in [3.05, 3.63) is 22.8 Å². The molecule has 0 aromatic rings. The zero-order valence-corrected chi connectivity index (χ0v) is 36.5. The van der Waals surface area contributed by atoms with E-state index in [1.54, 1.807) is 0 Å². The summed E-state index contributed by atoms with van der Waals surface area (Å²) >= 11 is 0. The summed E-state index contributed by atoms with van der Waals surface area (Å²) in [5.41, 5.74) is 7.93. The van der Waals surface area contributed by atoms with Gasteiger partial charge in [0.25, 0.3) is 0 Å². The third-order valence-electron chi connectivity index (χ3n) is 20.8. The molecule has 0 bridgehead atoms. The molecule has 0 radical (unpaired) electrons. The first kappa shape index (κ1) is 36.6. The second kappa shape index (κ2) is 11.9. The molecular formula is C50H81BN2. The van der Waals surface area contributed by atoms with Crippen LogP contribution in [0.1, 0.15) is 198 Å². The van der Waals surface area contributed by atoms with E-state index in [1.165, 1.54) is 128 Å². The number of allylic oxidation sites excluding steroid dienone is 1. The molecule has 3 heteroatoms. The molecule has 6 aliphatic carbocycles. The standard InChI is InChI=1S/C50H81BN2/c1-45(2,3)34-22-24-36-43-40(34)49(26-16-12-17-27-49)47(7,8)52(43)38-30-33(32-20-14-11-15-21-32)31-39-42(38)51(36)37-25-23-35(46(4,5)6)41-44(37)53(39)48(9,10)50(41)28-18-13-19-29-50/h30,32,34-37,39-41,43-44H,11-29,31H2,1-10H3. The van der Waals surface area contributed by atoms with Crippen molar-refractivity contribution in [2.75, 3.05) is 0 Å². The third kappa shape index (κ3) is 4.68. The van der Waals surface area contributed by atoms with E-state index >= 15 is 0 Å².